The summed E-state index contributed by atoms with van der Waals surface area (Å²) in [5, 5.41) is 9.52. The van der Waals surface area contributed by atoms with Gasteiger partial charge in [0.2, 0.25) is 0 Å². The van der Waals surface area contributed by atoms with Crippen molar-refractivity contribution in [3.05, 3.63) is 12.7 Å². The van der Waals surface area contributed by atoms with E-state index >= 15 is 0 Å². The van der Waals surface area contributed by atoms with Gasteiger partial charge >= 0.3 is 0 Å². The number of aliphatic hydroxyl groups is 1. The second-order valence-electron chi connectivity index (χ2n) is 5.90. The minimum atomic E-state index is -0.727. The third-order valence-electron chi connectivity index (χ3n) is 3.97. The summed E-state index contributed by atoms with van der Waals surface area (Å²) in [5.74, 6) is -0.421. The first-order valence-electron chi connectivity index (χ1n) is 7.05. The first-order chi connectivity index (χ1) is 10.5. The molecule has 2 saturated heterocycles. The molecular formula is C13H17N5O4. The van der Waals surface area contributed by atoms with E-state index in [1.807, 2.05) is 13.8 Å². The second kappa shape index (κ2) is 4.59. The normalized spacial score (nSPS) is 33.4. The SMILES string of the molecule is CC1(C)OC2[C@H](O1)C(CO)O[C@H]2n1cnc2c(N)ncnc21. The van der Waals surface area contributed by atoms with Crippen molar-refractivity contribution in [2.75, 3.05) is 12.3 Å². The zero-order valence-corrected chi connectivity index (χ0v) is 12.2. The molecule has 2 unspecified atom stereocenters. The van der Waals surface area contributed by atoms with E-state index in [0.29, 0.717) is 17.0 Å². The summed E-state index contributed by atoms with van der Waals surface area (Å²) in [6.07, 6.45) is 1.30. The lowest BCUT2D eigenvalue weighted by atomic mass is 10.1. The monoisotopic (exact) mass is 307 g/mol. The molecule has 4 atom stereocenters. The topological polar surface area (TPSA) is 118 Å². The number of hydrogen-bond acceptors (Lipinski definition) is 8. The lowest BCUT2D eigenvalue weighted by molar-refractivity contribution is -0.199. The van der Waals surface area contributed by atoms with Crippen LogP contribution in [0.2, 0.25) is 0 Å². The number of anilines is 1. The van der Waals surface area contributed by atoms with Crippen molar-refractivity contribution >= 4 is 17.0 Å². The number of nitrogens with zero attached hydrogens (tertiary/aromatic N) is 4. The number of fused-ring (bicyclic) bond motifs is 2. The Kier molecular flexibility index (Phi) is 2.89. The molecule has 9 nitrogen and oxygen atoms in total. The van der Waals surface area contributed by atoms with Crippen LogP contribution in [-0.2, 0) is 14.2 Å². The summed E-state index contributed by atoms with van der Waals surface area (Å²) in [7, 11) is 0. The van der Waals surface area contributed by atoms with Gasteiger partial charge in [-0.2, -0.15) is 0 Å². The van der Waals surface area contributed by atoms with Crippen LogP contribution in [0.1, 0.15) is 20.1 Å². The summed E-state index contributed by atoms with van der Waals surface area (Å²) in [6.45, 7) is 3.52. The fourth-order valence-corrected chi connectivity index (χ4v) is 3.09. The molecule has 118 valence electrons. The van der Waals surface area contributed by atoms with Gasteiger partial charge in [-0.3, -0.25) is 4.57 Å². The number of aromatic nitrogens is 4. The van der Waals surface area contributed by atoms with E-state index in [1.54, 1.807) is 10.9 Å². The molecule has 22 heavy (non-hydrogen) atoms. The Bertz CT molecular complexity index is 718. The highest BCUT2D eigenvalue weighted by Gasteiger charge is 2.55. The Hall–Kier alpha value is -1.81. The molecule has 4 rings (SSSR count). The van der Waals surface area contributed by atoms with Crippen molar-refractivity contribution in [1.29, 1.82) is 0 Å². The molecule has 0 aromatic carbocycles. The van der Waals surface area contributed by atoms with Gasteiger partial charge in [0, 0.05) is 0 Å². The highest BCUT2D eigenvalue weighted by Crippen LogP contribution is 2.43. The first-order valence-corrected chi connectivity index (χ1v) is 7.05. The molecule has 0 amide bonds. The highest BCUT2D eigenvalue weighted by atomic mass is 16.8. The van der Waals surface area contributed by atoms with Crippen molar-refractivity contribution in [2.45, 2.75) is 44.2 Å². The number of ether oxygens (including phenoxy) is 3. The molecule has 0 bridgehead atoms. The molecule has 2 aliphatic heterocycles. The van der Waals surface area contributed by atoms with Crippen LogP contribution in [-0.4, -0.2) is 55.3 Å². The fourth-order valence-electron chi connectivity index (χ4n) is 3.09. The second-order valence-corrected chi connectivity index (χ2v) is 5.90. The predicted octanol–water partition coefficient (Wildman–Crippen LogP) is -0.182. The molecule has 4 heterocycles. The molecule has 0 saturated carbocycles. The molecule has 2 aromatic heterocycles. The maximum atomic E-state index is 9.52. The van der Waals surface area contributed by atoms with Gasteiger partial charge in [-0.05, 0) is 13.8 Å². The van der Waals surface area contributed by atoms with Crippen LogP contribution in [0.3, 0.4) is 0 Å². The highest BCUT2D eigenvalue weighted by molar-refractivity contribution is 5.81. The van der Waals surface area contributed by atoms with Crippen molar-refractivity contribution in [2.24, 2.45) is 0 Å². The van der Waals surface area contributed by atoms with E-state index in [9.17, 15) is 5.11 Å². The summed E-state index contributed by atoms with van der Waals surface area (Å²) < 4.78 is 19.4. The van der Waals surface area contributed by atoms with Crippen molar-refractivity contribution < 1.29 is 19.3 Å². The summed E-state index contributed by atoms with van der Waals surface area (Å²) in [6, 6.07) is 0. The Balaban J connectivity index is 1.77. The van der Waals surface area contributed by atoms with Crippen LogP contribution in [0, 0.1) is 0 Å². The molecule has 2 aliphatic rings. The maximum Gasteiger partial charge on any atom is 0.167 e. The quantitative estimate of drug-likeness (QED) is 0.784. The summed E-state index contributed by atoms with van der Waals surface area (Å²) in [4.78, 5) is 12.4. The van der Waals surface area contributed by atoms with Crippen LogP contribution in [0.15, 0.2) is 12.7 Å². The molecular weight excluding hydrogens is 290 g/mol. The molecule has 0 spiro atoms. The Labute approximate surface area is 126 Å². The zero-order chi connectivity index (χ0) is 15.5. The first kappa shape index (κ1) is 13.8. The van der Waals surface area contributed by atoms with Gasteiger partial charge in [0.05, 0.1) is 12.9 Å². The minimum Gasteiger partial charge on any atom is -0.394 e. The molecule has 2 fully saturated rings. The predicted molar refractivity (Wildman–Crippen MR) is 74.6 cm³/mol. The Morgan fingerprint density at radius 1 is 1.27 bits per heavy atom. The average Bonchev–Trinajstić information content (AvgIpc) is 3.10. The minimum absolute atomic E-state index is 0.152. The standard InChI is InChI=1S/C13H17N5O4/c1-13(2)21-8-6(3-19)20-12(9(8)22-13)18-5-17-7-10(14)15-4-16-11(7)18/h4-6,8-9,12,19H,3H2,1-2H3,(H2,14,15,16)/t6?,8-,9?,12-/m1/s1. The maximum absolute atomic E-state index is 9.52. The van der Waals surface area contributed by atoms with E-state index in [4.69, 9.17) is 19.9 Å². The van der Waals surface area contributed by atoms with Gasteiger partial charge in [-0.1, -0.05) is 0 Å². The van der Waals surface area contributed by atoms with Crippen molar-refractivity contribution in [1.82, 2.24) is 19.5 Å². The Morgan fingerprint density at radius 3 is 2.82 bits per heavy atom. The van der Waals surface area contributed by atoms with E-state index < -0.39 is 18.1 Å². The number of rotatable bonds is 2. The largest absolute Gasteiger partial charge is 0.394 e. The third-order valence-corrected chi connectivity index (χ3v) is 3.97. The fraction of sp³-hybridized carbons (Fsp3) is 0.615. The van der Waals surface area contributed by atoms with Crippen LogP contribution < -0.4 is 5.73 Å². The van der Waals surface area contributed by atoms with Gasteiger partial charge in [-0.15, -0.1) is 0 Å². The van der Waals surface area contributed by atoms with Crippen LogP contribution >= 0.6 is 0 Å². The van der Waals surface area contributed by atoms with Crippen molar-refractivity contribution in [3.63, 3.8) is 0 Å². The van der Waals surface area contributed by atoms with E-state index in [0.717, 1.165) is 0 Å². The lowest BCUT2D eigenvalue weighted by Crippen LogP contribution is -2.31. The van der Waals surface area contributed by atoms with Crippen LogP contribution in [0.4, 0.5) is 5.82 Å². The number of imidazole rings is 1. The molecule has 0 aliphatic carbocycles. The lowest BCUT2D eigenvalue weighted by Gasteiger charge is -2.24. The number of nitrogen functional groups attached to an aromatic ring is 1. The number of nitrogens with two attached hydrogens (primary N) is 1. The van der Waals surface area contributed by atoms with Gasteiger partial charge in [0.1, 0.15) is 30.2 Å². The van der Waals surface area contributed by atoms with Gasteiger partial charge in [0.15, 0.2) is 23.5 Å². The molecule has 2 aromatic rings. The van der Waals surface area contributed by atoms with E-state index in [-0.39, 0.29) is 18.8 Å². The summed E-state index contributed by atoms with van der Waals surface area (Å²) >= 11 is 0. The average molecular weight is 307 g/mol. The van der Waals surface area contributed by atoms with E-state index in [1.165, 1.54) is 6.33 Å². The smallest absolute Gasteiger partial charge is 0.167 e. The number of aliphatic hydroxyl groups excluding tert-OH is 1. The van der Waals surface area contributed by atoms with Crippen LogP contribution in [0.5, 0.6) is 0 Å². The molecule has 3 N–H and O–H groups in total. The van der Waals surface area contributed by atoms with Gasteiger partial charge in [0.25, 0.3) is 0 Å². The molecule has 0 radical (unpaired) electrons. The van der Waals surface area contributed by atoms with E-state index in [2.05, 4.69) is 15.0 Å². The summed E-state index contributed by atoms with van der Waals surface area (Å²) in [5.41, 5.74) is 6.87. The third kappa shape index (κ3) is 1.90. The zero-order valence-electron chi connectivity index (χ0n) is 12.2. The number of hydrogen-bond donors (Lipinski definition) is 2. The molecule has 9 heteroatoms. The van der Waals surface area contributed by atoms with Gasteiger partial charge in [-0.25, -0.2) is 15.0 Å². The van der Waals surface area contributed by atoms with Gasteiger partial charge < -0.3 is 25.1 Å². The van der Waals surface area contributed by atoms with Crippen LogP contribution in [0.25, 0.3) is 11.2 Å². The van der Waals surface area contributed by atoms with Crippen molar-refractivity contribution in [3.8, 4) is 0 Å². The Morgan fingerprint density at radius 2 is 2.05 bits per heavy atom.